The lowest BCUT2D eigenvalue weighted by atomic mass is 10.0. The zero-order valence-corrected chi connectivity index (χ0v) is 12.8. The van der Waals surface area contributed by atoms with Crippen LogP contribution in [-0.2, 0) is 11.2 Å². The van der Waals surface area contributed by atoms with E-state index in [1.165, 1.54) is 11.1 Å². The molecule has 1 N–H and O–H groups in total. The maximum atomic E-state index is 12.8. The first-order valence-electron chi connectivity index (χ1n) is 7.42. The minimum atomic E-state index is 0.0216. The summed E-state index contributed by atoms with van der Waals surface area (Å²) in [5.41, 5.74) is 2.60. The van der Waals surface area contributed by atoms with Crippen LogP contribution in [0.15, 0.2) is 24.3 Å². The van der Waals surface area contributed by atoms with Crippen molar-refractivity contribution in [2.45, 2.75) is 18.1 Å². The highest BCUT2D eigenvalue weighted by Crippen LogP contribution is 2.38. The lowest BCUT2D eigenvalue weighted by molar-refractivity contribution is -0.129. The van der Waals surface area contributed by atoms with E-state index < -0.39 is 0 Å². The fourth-order valence-corrected chi connectivity index (χ4v) is 4.53. The summed E-state index contributed by atoms with van der Waals surface area (Å²) in [6.45, 7) is 2.85. The fraction of sp³-hybridized carbons (Fsp3) is 0.562. The van der Waals surface area contributed by atoms with Gasteiger partial charge in [-0.05, 0) is 49.2 Å². The summed E-state index contributed by atoms with van der Waals surface area (Å²) in [7, 11) is 1.98. The van der Waals surface area contributed by atoms with Gasteiger partial charge in [0.2, 0.25) is 5.91 Å². The number of fused-ring (bicyclic) bond motifs is 1. The summed E-state index contributed by atoms with van der Waals surface area (Å²) in [5.74, 6) is 2.00. The molecule has 2 aliphatic rings. The second-order valence-electron chi connectivity index (χ2n) is 5.70. The topological polar surface area (TPSA) is 32.3 Å². The molecule has 0 bridgehead atoms. The van der Waals surface area contributed by atoms with Crippen LogP contribution < -0.4 is 5.32 Å². The number of hydrogen-bond acceptors (Lipinski definition) is 3. The van der Waals surface area contributed by atoms with Gasteiger partial charge in [0, 0.05) is 13.1 Å². The molecule has 2 unspecified atom stereocenters. The first-order chi connectivity index (χ1) is 9.79. The molecule has 2 aliphatic heterocycles. The highest BCUT2D eigenvalue weighted by Gasteiger charge is 2.33. The van der Waals surface area contributed by atoms with Gasteiger partial charge in [-0.2, -0.15) is 0 Å². The molecule has 0 aromatic heterocycles. The summed E-state index contributed by atoms with van der Waals surface area (Å²) in [6.07, 6.45) is 2.22. The Morgan fingerprint density at radius 1 is 1.45 bits per heavy atom. The van der Waals surface area contributed by atoms with Crippen molar-refractivity contribution in [1.82, 2.24) is 10.2 Å². The molecule has 1 aromatic rings. The van der Waals surface area contributed by atoms with Gasteiger partial charge in [0.25, 0.3) is 0 Å². The molecule has 108 valence electrons. The van der Waals surface area contributed by atoms with Crippen molar-refractivity contribution in [3.63, 3.8) is 0 Å². The van der Waals surface area contributed by atoms with Crippen LogP contribution >= 0.6 is 11.8 Å². The number of carbonyl (C=O) groups is 1. The number of nitrogens with one attached hydrogen (secondary N) is 1. The number of rotatable bonds is 3. The van der Waals surface area contributed by atoms with Crippen LogP contribution in [0.1, 0.15) is 22.8 Å². The van der Waals surface area contributed by atoms with Crippen molar-refractivity contribution in [1.29, 1.82) is 0 Å². The van der Waals surface area contributed by atoms with Crippen molar-refractivity contribution in [3.8, 4) is 0 Å². The Labute approximate surface area is 125 Å². The Hall–Kier alpha value is -1.00. The van der Waals surface area contributed by atoms with Crippen molar-refractivity contribution in [2.75, 3.05) is 32.4 Å². The van der Waals surface area contributed by atoms with E-state index in [1.807, 2.05) is 18.8 Å². The van der Waals surface area contributed by atoms with Crippen LogP contribution in [0.2, 0.25) is 0 Å². The number of thioether (sulfide) groups is 1. The van der Waals surface area contributed by atoms with Gasteiger partial charge in [-0.3, -0.25) is 4.79 Å². The van der Waals surface area contributed by atoms with E-state index in [0.717, 1.165) is 38.2 Å². The number of carbonyl (C=O) groups excluding carboxylic acids is 1. The van der Waals surface area contributed by atoms with Crippen molar-refractivity contribution in [3.05, 3.63) is 35.4 Å². The molecule has 1 fully saturated rings. The smallest absolute Gasteiger partial charge is 0.240 e. The molecule has 3 rings (SSSR count). The average molecular weight is 290 g/mol. The first kappa shape index (κ1) is 14.0. The third-order valence-electron chi connectivity index (χ3n) is 4.31. The molecule has 1 aromatic carbocycles. The van der Waals surface area contributed by atoms with Crippen molar-refractivity contribution in [2.24, 2.45) is 5.92 Å². The predicted molar refractivity (Wildman–Crippen MR) is 84.0 cm³/mol. The molecule has 0 aliphatic carbocycles. The Bertz CT molecular complexity index is 491. The van der Waals surface area contributed by atoms with Gasteiger partial charge in [-0.15, -0.1) is 11.8 Å². The molecule has 1 saturated heterocycles. The van der Waals surface area contributed by atoms with Crippen LogP contribution in [-0.4, -0.2) is 43.2 Å². The van der Waals surface area contributed by atoms with E-state index in [4.69, 9.17) is 0 Å². The van der Waals surface area contributed by atoms with E-state index in [1.54, 1.807) is 0 Å². The van der Waals surface area contributed by atoms with Crippen LogP contribution in [0.5, 0.6) is 0 Å². The Kier molecular flexibility index (Phi) is 4.32. The molecule has 0 spiro atoms. The first-order valence-corrected chi connectivity index (χ1v) is 8.47. The van der Waals surface area contributed by atoms with Crippen molar-refractivity contribution >= 4 is 17.7 Å². The van der Waals surface area contributed by atoms with Gasteiger partial charge in [0.1, 0.15) is 5.25 Å². The molecule has 3 nitrogen and oxygen atoms in total. The van der Waals surface area contributed by atoms with Gasteiger partial charge >= 0.3 is 0 Å². The zero-order chi connectivity index (χ0) is 13.9. The highest BCUT2D eigenvalue weighted by molar-refractivity contribution is 8.00. The maximum absolute atomic E-state index is 12.8. The Morgan fingerprint density at radius 2 is 2.30 bits per heavy atom. The largest absolute Gasteiger partial charge is 0.341 e. The van der Waals surface area contributed by atoms with E-state index >= 15 is 0 Å². The second-order valence-corrected chi connectivity index (χ2v) is 6.91. The fourth-order valence-electron chi connectivity index (χ4n) is 3.25. The number of amides is 1. The van der Waals surface area contributed by atoms with Crippen LogP contribution in [0.3, 0.4) is 0 Å². The Balaban J connectivity index is 1.73. The number of hydrogen-bond donors (Lipinski definition) is 1. The number of benzene rings is 1. The standard InChI is InChI=1S/C16H22N2OS/c1-17-10-12-6-8-18(11-12)16(19)15-14-5-3-2-4-13(14)7-9-20-15/h2-5,12,15,17H,6-11H2,1H3. The third-order valence-corrected chi connectivity index (χ3v) is 5.54. The minimum Gasteiger partial charge on any atom is -0.341 e. The normalized spacial score (nSPS) is 25.6. The molecule has 1 amide bonds. The molecule has 20 heavy (non-hydrogen) atoms. The maximum Gasteiger partial charge on any atom is 0.240 e. The number of likely N-dealkylation sites (tertiary alicyclic amines) is 1. The minimum absolute atomic E-state index is 0.0216. The molecule has 2 atom stereocenters. The van der Waals surface area contributed by atoms with Crippen LogP contribution in [0, 0.1) is 5.92 Å². The summed E-state index contributed by atoms with van der Waals surface area (Å²) in [5, 5.41) is 3.24. The average Bonchev–Trinajstić information content (AvgIpc) is 2.95. The van der Waals surface area contributed by atoms with E-state index in [2.05, 4.69) is 34.5 Å². The molecule has 2 heterocycles. The number of nitrogens with zero attached hydrogens (tertiary/aromatic N) is 1. The van der Waals surface area contributed by atoms with E-state index in [9.17, 15) is 4.79 Å². The molecule has 0 saturated carbocycles. The summed E-state index contributed by atoms with van der Waals surface area (Å²) in [4.78, 5) is 14.9. The van der Waals surface area contributed by atoms with Crippen molar-refractivity contribution < 1.29 is 4.79 Å². The number of aryl methyl sites for hydroxylation is 1. The SMILES string of the molecule is CNCC1CCN(C(=O)C2SCCc3ccccc32)C1. The molecule has 0 radical (unpaired) electrons. The Morgan fingerprint density at radius 3 is 3.15 bits per heavy atom. The summed E-state index contributed by atoms with van der Waals surface area (Å²) < 4.78 is 0. The lowest BCUT2D eigenvalue weighted by Gasteiger charge is -2.28. The van der Waals surface area contributed by atoms with E-state index in [-0.39, 0.29) is 5.25 Å². The van der Waals surface area contributed by atoms with E-state index in [0.29, 0.717) is 11.8 Å². The molecular weight excluding hydrogens is 268 g/mol. The van der Waals surface area contributed by atoms with Gasteiger partial charge < -0.3 is 10.2 Å². The second kappa shape index (κ2) is 6.19. The lowest BCUT2D eigenvalue weighted by Crippen LogP contribution is -2.34. The highest BCUT2D eigenvalue weighted by atomic mass is 32.2. The third kappa shape index (κ3) is 2.72. The van der Waals surface area contributed by atoms with Gasteiger partial charge in [-0.25, -0.2) is 0 Å². The zero-order valence-electron chi connectivity index (χ0n) is 12.0. The quantitative estimate of drug-likeness (QED) is 0.925. The monoisotopic (exact) mass is 290 g/mol. The predicted octanol–water partition coefficient (Wildman–Crippen LogP) is 2.08. The van der Waals surface area contributed by atoms with Gasteiger partial charge in [0.05, 0.1) is 0 Å². The molecule has 4 heteroatoms. The summed E-state index contributed by atoms with van der Waals surface area (Å²) >= 11 is 1.81. The van der Waals surface area contributed by atoms with Gasteiger partial charge in [0.15, 0.2) is 0 Å². The summed E-state index contributed by atoms with van der Waals surface area (Å²) in [6, 6.07) is 8.43. The van der Waals surface area contributed by atoms with Gasteiger partial charge in [-0.1, -0.05) is 24.3 Å². The van der Waals surface area contributed by atoms with Crippen LogP contribution in [0.25, 0.3) is 0 Å². The molecular formula is C16H22N2OS. The van der Waals surface area contributed by atoms with Crippen LogP contribution in [0.4, 0.5) is 0 Å².